The Bertz CT molecular complexity index is 479. The van der Waals surface area contributed by atoms with E-state index in [1.807, 2.05) is 0 Å². The van der Waals surface area contributed by atoms with Gasteiger partial charge in [0.15, 0.2) is 0 Å². The van der Waals surface area contributed by atoms with Gasteiger partial charge in [-0.05, 0) is 24.3 Å². The molecule has 6 nitrogen and oxygen atoms in total. The first kappa shape index (κ1) is 11.1. The third-order valence-electron chi connectivity index (χ3n) is 2.25. The van der Waals surface area contributed by atoms with Crippen LogP contribution in [0.1, 0.15) is 6.42 Å². The molecule has 1 aromatic rings. The highest BCUT2D eigenvalue weighted by molar-refractivity contribution is 6.46. The topological polar surface area (TPSA) is 79.8 Å². The molecule has 1 aromatic carbocycles. The molecule has 2 N–H and O–H groups in total. The summed E-state index contributed by atoms with van der Waals surface area (Å²) in [6, 6.07) is 6.88. The summed E-state index contributed by atoms with van der Waals surface area (Å²) in [7, 11) is 1.57. The Hall–Kier alpha value is -2.37. The Morgan fingerprint density at radius 3 is 2.65 bits per heavy atom. The van der Waals surface area contributed by atoms with E-state index in [1.165, 1.54) is 0 Å². The van der Waals surface area contributed by atoms with Crippen molar-refractivity contribution in [3.05, 3.63) is 24.3 Å². The van der Waals surface area contributed by atoms with Crippen molar-refractivity contribution < 1.29 is 14.3 Å². The third-order valence-corrected chi connectivity index (χ3v) is 2.25. The van der Waals surface area contributed by atoms with Crippen LogP contribution in [0.3, 0.4) is 0 Å². The van der Waals surface area contributed by atoms with E-state index in [9.17, 15) is 9.59 Å². The molecule has 2 rings (SSSR count). The van der Waals surface area contributed by atoms with Gasteiger partial charge in [-0.1, -0.05) is 0 Å². The molecule has 6 heteroatoms. The van der Waals surface area contributed by atoms with Gasteiger partial charge in [-0.15, -0.1) is 0 Å². The number of hydrogen-bond donors (Lipinski definition) is 2. The molecular formula is C11H11N3O3. The lowest BCUT2D eigenvalue weighted by Crippen LogP contribution is -2.22. The second-order valence-electron chi connectivity index (χ2n) is 3.45. The molecule has 0 bridgehead atoms. The summed E-state index contributed by atoms with van der Waals surface area (Å²) >= 11 is 0. The number of amides is 2. The fourth-order valence-electron chi connectivity index (χ4n) is 1.37. The van der Waals surface area contributed by atoms with Crippen LogP contribution in [0, 0.1) is 0 Å². The number of methoxy groups -OCH3 is 1. The van der Waals surface area contributed by atoms with E-state index in [-0.39, 0.29) is 23.9 Å². The van der Waals surface area contributed by atoms with E-state index in [1.54, 1.807) is 31.4 Å². The van der Waals surface area contributed by atoms with Crippen LogP contribution in [0.25, 0.3) is 0 Å². The van der Waals surface area contributed by atoms with Crippen molar-refractivity contribution in [3.63, 3.8) is 0 Å². The van der Waals surface area contributed by atoms with Gasteiger partial charge in [-0.3, -0.25) is 9.59 Å². The van der Waals surface area contributed by atoms with Crippen LogP contribution in [0.5, 0.6) is 5.75 Å². The minimum atomic E-state index is -0.381. The maximum absolute atomic E-state index is 11.6. The zero-order valence-corrected chi connectivity index (χ0v) is 9.19. The summed E-state index contributed by atoms with van der Waals surface area (Å²) in [6.45, 7) is 0. The number of benzene rings is 1. The van der Waals surface area contributed by atoms with Gasteiger partial charge in [0.25, 0.3) is 5.91 Å². The van der Waals surface area contributed by atoms with E-state index in [0.717, 1.165) is 0 Å². The maximum Gasteiger partial charge on any atom is 0.272 e. The van der Waals surface area contributed by atoms with E-state index in [2.05, 4.69) is 15.8 Å². The highest BCUT2D eigenvalue weighted by atomic mass is 16.5. The van der Waals surface area contributed by atoms with Crippen molar-refractivity contribution in [1.29, 1.82) is 0 Å². The fraction of sp³-hybridized carbons (Fsp3) is 0.182. The van der Waals surface area contributed by atoms with Crippen LogP contribution in [-0.4, -0.2) is 24.6 Å². The lowest BCUT2D eigenvalue weighted by molar-refractivity contribution is -0.119. The zero-order valence-electron chi connectivity index (χ0n) is 9.19. The molecule has 0 radical (unpaired) electrons. The molecule has 0 saturated carbocycles. The lowest BCUT2D eigenvalue weighted by Gasteiger charge is -2.05. The first-order valence-electron chi connectivity index (χ1n) is 5.00. The molecule has 0 saturated heterocycles. The van der Waals surface area contributed by atoms with Crippen molar-refractivity contribution in [3.8, 4) is 5.75 Å². The highest BCUT2D eigenvalue weighted by Crippen LogP contribution is 2.15. The van der Waals surface area contributed by atoms with Gasteiger partial charge in [-0.25, -0.2) is 5.43 Å². The van der Waals surface area contributed by atoms with E-state index in [4.69, 9.17) is 4.74 Å². The smallest absolute Gasteiger partial charge is 0.272 e. The van der Waals surface area contributed by atoms with Gasteiger partial charge in [-0.2, -0.15) is 5.10 Å². The normalized spacial score (nSPS) is 13.9. The Labute approximate surface area is 97.7 Å². The average Bonchev–Trinajstić information content (AvgIpc) is 2.77. The molecule has 0 aromatic heterocycles. The Balaban J connectivity index is 2.00. The molecular weight excluding hydrogens is 222 g/mol. The number of nitrogens with zero attached hydrogens (tertiary/aromatic N) is 1. The molecule has 1 aliphatic heterocycles. The Morgan fingerprint density at radius 1 is 1.41 bits per heavy atom. The summed E-state index contributed by atoms with van der Waals surface area (Å²) in [6.07, 6.45) is 0.0159. The summed E-state index contributed by atoms with van der Waals surface area (Å²) in [5, 5.41) is 6.27. The first-order valence-corrected chi connectivity index (χ1v) is 5.00. The number of carbonyl (C=O) groups excluding carboxylic acids is 2. The molecule has 0 unspecified atom stereocenters. The predicted molar refractivity (Wildman–Crippen MR) is 61.8 cm³/mol. The minimum absolute atomic E-state index is 0.0159. The number of rotatable bonds is 3. The van der Waals surface area contributed by atoms with Crippen LogP contribution < -0.4 is 15.5 Å². The first-order chi connectivity index (χ1) is 8.19. The summed E-state index contributed by atoms with van der Waals surface area (Å²) in [5.74, 6) is 0.0523. The fourth-order valence-corrected chi connectivity index (χ4v) is 1.37. The Morgan fingerprint density at radius 2 is 2.12 bits per heavy atom. The van der Waals surface area contributed by atoms with E-state index >= 15 is 0 Å². The number of ether oxygens (including phenoxy) is 1. The standard InChI is InChI=1S/C11H11N3O3/c1-17-8-4-2-7(3-5-8)12-11(16)9-6-10(15)14-13-9/h2-5H,6H2,1H3,(H,12,16)(H,14,15). The van der Waals surface area contributed by atoms with Crippen LogP contribution >= 0.6 is 0 Å². The van der Waals surface area contributed by atoms with E-state index in [0.29, 0.717) is 11.4 Å². The molecule has 2 amide bonds. The number of hydrazone groups is 1. The van der Waals surface area contributed by atoms with E-state index < -0.39 is 0 Å². The maximum atomic E-state index is 11.6. The molecule has 0 atom stereocenters. The Kier molecular flexibility index (Phi) is 3.04. The summed E-state index contributed by atoms with van der Waals surface area (Å²) in [5.41, 5.74) is 3.03. The lowest BCUT2D eigenvalue weighted by atomic mass is 10.2. The molecule has 0 aliphatic carbocycles. The number of hydrogen-bond acceptors (Lipinski definition) is 4. The molecule has 1 aliphatic rings. The zero-order chi connectivity index (χ0) is 12.3. The van der Waals surface area contributed by atoms with Gasteiger partial charge in [0.1, 0.15) is 11.5 Å². The SMILES string of the molecule is COc1ccc(NC(=O)C2=NNC(=O)C2)cc1. The van der Waals surface area contributed by atoms with Crippen LogP contribution in [-0.2, 0) is 9.59 Å². The molecule has 0 fully saturated rings. The van der Waals surface area contributed by atoms with Gasteiger partial charge < -0.3 is 10.1 Å². The second kappa shape index (κ2) is 4.65. The van der Waals surface area contributed by atoms with Crippen LogP contribution in [0.2, 0.25) is 0 Å². The predicted octanol–water partition coefficient (Wildman–Crippen LogP) is 0.510. The summed E-state index contributed by atoms with van der Waals surface area (Å²) in [4.78, 5) is 22.5. The second-order valence-corrected chi connectivity index (χ2v) is 3.45. The van der Waals surface area contributed by atoms with Crippen molar-refractivity contribution >= 4 is 23.2 Å². The van der Waals surface area contributed by atoms with Crippen LogP contribution in [0.4, 0.5) is 5.69 Å². The van der Waals surface area contributed by atoms with Gasteiger partial charge in [0, 0.05) is 5.69 Å². The monoisotopic (exact) mass is 233 g/mol. The van der Waals surface area contributed by atoms with Crippen molar-refractivity contribution in [2.45, 2.75) is 6.42 Å². The van der Waals surface area contributed by atoms with Gasteiger partial charge >= 0.3 is 0 Å². The minimum Gasteiger partial charge on any atom is -0.497 e. The van der Waals surface area contributed by atoms with Gasteiger partial charge in [0.05, 0.1) is 13.5 Å². The number of carbonyl (C=O) groups is 2. The molecule has 1 heterocycles. The van der Waals surface area contributed by atoms with Gasteiger partial charge in [0.2, 0.25) is 5.91 Å². The van der Waals surface area contributed by atoms with Crippen LogP contribution in [0.15, 0.2) is 29.4 Å². The number of nitrogens with one attached hydrogen (secondary N) is 2. The number of anilines is 1. The molecule has 88 valence electrons. The summed E-state index contributed by atoms with van der Waals surface area (Å²) < 4.78 is 5.00. The quantitative estimate of drug-likeness (QED) is 0.798. The van der Waals surface area contributed by atoms with Crippen molar-refractivity contribution in [1.82, 2.24) is 5.43 Å². The molecule has 0 spiro atoms. The largest absolute Gasteiger partial charge is 0.497 e. The van der Waals surface area contributed by atoms with Crippen molar-refractivity contribution in [2.75, 3.05) is 12.4 Å². The van der Waals surface area contributed by atoms with Crippen molar-refractivity contribution in [2.24, 2.45) is 5.10 Å². The molecule has 17 heavy (non-hydrogen) atoms. The highest BCUT2D eigenvalue weighted by Gasteiger charge is 2.21. The third kappa shape index (κ3) is 2.60. The average molecular weight is 233 g/mol.